The Hall–Kier alpha value is -2.07. The van der Waals surface area contributed by atoms with E-state index in [0.717, 1.165) is 16.5 Å². The summed E-state index contributed by atoms with van der Waals surface area (Å²) in [6.45, 7) is 15.4. The van der Waals surface area contributed by atoms with Crippen LogP contribution in [0.2, 0.25) is 5.02 Å². The van der Waals surface area contributed by atoms with Gasteiger partial charge in [0.25, 0.3) is 0 Å². The molecule has 1 aromatic heterocycles. The first-order chi connectivity index (χ1) is 19.7. The van der Waals surface area contributed by atoms with Gasteiger partial charge < -0.3 is 9.29 Å². The van der Waals surface area contributed by atoms with Gasteiger partial charge in [0.2, 0.25) is 15.9 Å². The van der Waals surface area contributed by atoms with E-state index in [9.17, 15) is 17.6 Å². The van der Waals surface area contributed by atoms with E-state index in [2.05, 4.69) is 55.6 Å². The fourth-order valence-electron chi connectivity index (χ4n) is 6.81. The lowest BCUT2D eigenvalue weighted by Crippen LogP contribution is -2.41. The molecule has 1 atom stereocenters. The van der Waals surface area contributed by atoms with Crippen molar-refractivity contribution in [3.8, 4) is 0 Å². The highest BCUT2D eigenvalue weighted by Gasteiger charge is 2.38. The Morgan fingerprint density at radius 3 is 2.02 bits per heavy atom. The third-order valence-electron chi connectivity index (χ3n) is 8.76. The smallest absolute Gasteiger partial charge is 0.240 e. The Balaban J connectivity index is 1.48. The molecule has 2 N–H and O–H groups in total. The Morgan fingerprint density at radius 2 is 1.48 bits per heavy atom. The van der Waals surface area contributed by atoms with Crippen LogP contribution in [0.15, 0.2) is 53.6 Å². The van der Waals surface area contributed by atoms with E-state index in [1.807, 2.05) is 19.2 Å². The Morgan fingerprint density at radius 1 is 0.905 bits per heavy atom. The van der Waals surface area contributed by atoms with Gasteiger partial charge in [0.05, 0.1) is 21.5 Å². The molecule has 1 saturated carbocycles. The average molecular weight is 638 g/mol. The summed E-state index contributed by atoms with van der Waals surface area (Å²) in [7, 11) is -5.19. The number of amides is 1. The van der Waals surface area contributed by atoms with Crippen LogP contribution in [-0.4, -0.2) is 40.1 Å². The molecular weight excluding hydrogens is 593 g/mol. The summed E-state index contributed by atoms with van der Waals surface area (Å²) in [5.74, 6) is -0.552. The second-order valence-electron chi connectivity index (χ2n) is 12.3. The van der Waals surface area contributed by atoms with E-state index in [4.69, 9.17) is 11.6 Å². The van der Waals surface area contributed by atoms with Crippen LogP contribution in [-0.2, 0) is 14.8 Å². The Labute approximate surface area is 257 Å². The predicted octanol–water partition coefficient (Wildman–Crippen LogP) is 7.94. The van der Waals surface area contributed by atoms with Crippen LogP contribution in [0.3, 0.4) is 0 Å². The van der Waals surface area contributed by atoms with Gasteiger partial charge in [0.15, 0.2) is 0 Å². The fraction of sp³-hybridized carbons (Fsp3) is 0.531. The minimum Gasteiger partial charge on any atom is -0.349 e. The number of carbonyl (C=O) groups is 1. The van der Waals surface area contributed by atoms with Crippen LogP contribution in [0.4, 0.5) is 4.39 Å². The quantitative estimate of drug-likeness (QED) is 0.237. The molecule has 0 bridgehead atoms. The molecule has 3 aromatic rings. The van der Waals surface area contributed by atoms with E-state index < -0.39 is 20.2 Å². The molecule has 0 radical (unpaired) electrons. The summed E-state index contributed by atoms with van der Waals surface area (Å²) in [5, 5.41) is 5.62. The molecule has 1 heterocycles. The van der Waals surface area contributed by atoms with Gasteiger partial charge in [-0.05, 0) is 68.5 Å². The molecule has 1 fully saturated rings. The topological polar surface area (TPSA) is 80.2 Å². The summed E-state index contributed by atoms with van der Waals surface area (Å²) >= 11 is 6.71. The van der Waals surface area contributed by atoms with Crippen LogP contribution < -0.4 is 10.0 Å². The molecule has 0 spiro atoms. The minimum atomic E-state index is -3.79. The number of halogens is 2. The van der Waals surface area contributed by atoms with Crippen LogP contribution in [0.5, 0.6) is 0 Å². The van der Waals surface area contributed by atoms with Crippen molar-refractivity contribution < 1.29 is 17.6 Å². The Kier molecular flexibility index (Phi) is 10.1. The maximum atomic E-state index is 13.6. The molecule has 1 aliphatic rings. The predicted molar refractivity (Wildman–Crippen MR) is 174 cm³/mol. The lowest BCUT2D eigenvalue weighted by Gasteiger charge is -2.52. The van der Waals surface area contributed by atoms with E-state index in [1.54, 1.807) is 24.3 Å². The number of sulfonamides is 1. The normalized spacial score (nSPS) is 19.5. The number of nitrogens with zero attached hydrogens (tertiary/aromatic N) is 1. The van der Waals surface area contributed by atoms with E-state index in [-0.39, 0.29) is 34.6 Å². The molecule has 10 heteroatoms. The number of rotatable bonds is 10. The van der Waals surface area contributed by atoms with Gasteiger partial charge in [-0.25, -0.2) is 17.5 Å². The van der Waals surface area contributed by atoms with Gasteiger partial charge in [-0.1, -0.05) is 65.3 Å². The first kappa shape index (κ1) is 32.8. The highest BCUT2D eigenvalue weighted by atomic mass is 35.5. The SMILES string of the molecule is CC(C)S(C(C)C)(C(C)C)n1cc(Cl)c2ccc(S(=O)(=O)NC3CCC(C(=O)N[C@H](C)c4ccc(F)cc4)CC3)cc21. The van der Waals surface area contributed by atoms with Gasteiger partial charge in [-0.2, -0.15) is 10.2 Å². The molecule has 6 nitrogen and oxygen atoms in total. The molecule has 0 saturated heterocycles. The first-order valence-electron chi connectivity index (χ1n) is 14.9. The number of aromatic nitrogens is 1. The standard InChI is InChI=1S/C32H45ClFN3O3S2/c1-20(2)41(21(3)4,22(5)6)37-19-30(33)29-17-16-28(18-31(29)37)42(39,40)36-27-14-10-25(11-15-27)32(38)35-23(7)24-8-12-26(34)13-9-24/h8-9,12-13,16-23,25,27,36H,10-11,14-15H2,1-7H3,(H,35,38)/t23-,25?,27?/m1/s1. The lowest BCUT2D eigenvalue weighted by atomic mass is 9.85. The second kappa shape index (κ2) is 12.9. The van der Waals surface area contributed by atoms with Gasteiger partial charge >= 0.3 is 0 Å². The highest BCUT2D eigenvalue weighted by Crippen LogP contribution is 2.63. The molecule has 0 aliphatic heterocycles. The molecule has 232 valence electrons. The molecule has 1 amide bonds. The summed E-state index contributed by atoms with van der Waals surface area (Å²) in [5.41, 5.74) is 1.69. The fourth-order valence-corrected chi connectivity index (χ4v) is 13.9. The van der Waals surface area contributed by atoms with Crippen LogP contribution in [0.1, 0.15) is 85.8 Å². The molecule has 1 aliphatic carbocycles. The maximum Gasteiger partial charge on any atom is 0.240 e. The van der Waals surface area contributed by atoms with E-state index >= 15 is 0 Å². The summed E-state index contributed by atoms with van der Waals surface area (Å²) in [6, 6.07) is 10.9. The number of hydrogen-bond donors (Lipinski definition) is 2. The first-order valence-corrected chi connectivity index (χ1v) is 18.5. The van der Waals surface area contributed by atoms with Crippen molar-refractivity contribution in [1.29, 1.82) is 0 Å². The van der Waals surface area contributed by atoms with Crippen molar-refractivity contribution in [1.82, 2.24) is 14.0 Å². The second-order valence-corrected chi connectivity index (χ2v) is 19.1. The highest BCUT2D eigenvalue weighted by molar-refractivity contribution is 8.33. The maximum absolute atomic E-state index is 13.6. The van der Waals surface area contributed by atoms with Gasteiger partial charge in [0, 0.05) is 39.3 Å². The van der Waals surface area contributed by atoms with Crippen LogP contribution in [0, 0.1) is 11.7 Å². The number of nitrogens with one attached hydrogen (secondary N) is 2. The molecule has 2 aromatic carbocycles. The zero-order chi connectivity index (χ0) is 31.0. The zero-order valence-electron chi connectivity index (χ0n) is 25.7. The Bertz CT molecular complexity index is 1490. The number of hydrogen-bond acceptors (Lipinski definition) is 3. The molecule has 0 unspecified atom stereocenters. The van der Waals surface area contributed by atoms with Crippen molar-refractivity contribution >= 4 is 48.6 Å². The molecular formula is C32H45ClFN3O3S2. The lowest BCUT2D eigenvalue weighted by molar-refractivity contribution is -0.126. The summed E-state index contributed by atoms with van der Waals surface area (Å²) in [4.78, 5) is 13.1. The summed E-state index contributed by atoms with van der Waals surface area (Å²) in [6.07, 6.45) is 4.34. The number of benzene rings is 2. The monoisotopic (exact) mass is 637 g/mol. The van der Waals surface area contributed by atoms with E-state index in [0.29, 0.717) is 46.5 Å². The van der Waals surface area contributed by atoms with Crippen molar-refractivity contribution in [3.05, 3.63) is 65.1 Å². The number of fused-ring (bicyclic) bond motifs is 1. The van der Waals surface area contributed by atoms with Crippen molar-refractivity contribution in [2.24, 2.45) is 5.92 Å². The summed E-state index contributed by atoms with van der Waals surface area (Å²) < 4.78 is 45.7. The third kappa shape index (κ3) is 6.40. The van der Waals surface area contributed by atoms with Gasteiger partial charge in [-0.15, -0.1) is 0 Å². The van der Waals surface area contributed by atoms with Crippen LogP contribution >= 0.6 is 21.8 Å². The number of carbonyl (C=O) groups excluding carboxylic acids is 1. The van der Waals surface area contributed by atoms with Crippen LogP contribution in [0.25, 0.3) is 10.9 Å². The third-order valence-corrected chi connectivity index (χ3v) is 16.1. The van der Waals surface area contributed by atoms with Crippen molar-refractivity contribution in [3.63, 3.8) is 0 Å². The minimum absolute atomic E-state index is 0.0531. The molecule has 42 heavy (non-hydrogen) atoms. The zero-order valence-corrected chi connectivity index (χ0v) is 28.0. The van der Waals surface area contributed by atoms with Gasteiger partial charge in [-0.3, -0.25) is 4.79 Å². The largest absolute Gasteiger partial charge is 0.349 e. The molecule has 4 rings (SSSR count). The van der Waals surface area contributed by atoms with E-state index in [1.165, 1.54) is 12.1 Å². The van der Waals surface area contributed by atoms with Crippen molar-refractivity contribution in [2.45, 2.75) is 107 Å². The average Bonchev–Trinajstić information content (AvgIpc) is 3.24. The van der Waals surface area contributed by atoms with Gasteiger partial charge in [0.1, 0.15) is 5.82 Å². The van der Waals surface area contributed by atoms with Crippen molar-refractivity contribution in [2.75, 3.05) is 0 Å².